The van der Waals surface area contributed by atoms with Crippen molar-refractivity contribution in [3.8, 4) is 0 Å². The third kappa shape index (κ3) is 3.26. The molecule has 0 aliphatic heterocycles. The van der Waals surface area contributed by atoms with Gasteiger partial charge in [0.2, 0.25) is 0 Å². The lowest BCUT2D eigenvalue weighted by atomic mass is 10.1. The van der Waals surface area contributed by atoms with Crippen LogP contribution in [0.4, 0.5) is 0 Å². The Bertz CT molecular complexity index is 494. The number of aromatic nitrogens is 3. The van der Waals surface area contributed by atoms with E-state index in [4.69, 9.17) is 0 Å². The van der Waals surface area contributed by atoms with E-state index in [1.165, 1.54) is 11.3 Å². The van der Waals surface area contributed by atoms with Gasteiger partial charge in [-0.05, 0) is 31.5 Å². The minimum atomic E-state index is 0.446. The molecule has 1 atom stereocenters. The molecule has 2 aromatic heterocycles. The van der Waals surface area contributed by atoms with Gasteiger partial charge in [0.1, 0.15) is 0 Å². The van der Waals surface area contributed by atoms with Crippen LogP contribution in [0, 0.1) is 0 Å². The lowest BCUT2D eigenvalue weighted by Crippen LogP contribution is -2.14. The summed E-state index contributed by atoms with van der Waals surface area (Å²) < 4.78 is 4.47. The first-order chi connectivity index (χ1) is 9.28. The molecular weight excluding hydrogens is 236 g/mol. The van der Waals surface area contributed by atoms with E-state index in [2.05, 4.69) is 51.7 Å². The standard InChI is InChI=1S/C15H24N4/c1-4-7-19-12-17-9-14(19)11-18-8-6-13(10-18)15(5-2)16-3/h6,8-10,12,15-16H,4-5,7,11H2,1-3H3. The third-order valence-electron chi connectivity index (χ3n) is 3.54. The van der Waals surface area contributed by atoms with Crippen LogP contribution in [0.25, 0.3) is 0 Å². The Labute approximate surface area is 115 Å². The highest BCUT2D eigenvalue weighted by molar-refractivity contribution is 5.16. The predicted octanol–water partition coefficient (Wildman–Crippen LogP) is 2.81. The van der Waals surface area contributed by atoms with Gasteiger partial charge in [0, 0.05) is 31.2 Å². The van der Waals surface area contributed by atoms with Crippen LogP contribution in [0.2, 0.25) is 0 Å². The molecule has 0 radical (unpaired) electrons. The fourth-order valence-corrected chi connectivity index (χ4v) is 2.48. The molecule has 0 aliphatic rings. The van der Waals surface area contributed by atoms with Crippen molar-refractivity contribution < 1.29 is 0 Å². The number of hydrogen-bond donors (Lipinski definition) is 1. The second kappa shape index (κ2) is 6.57. The van der Waals surface area contributed by atoms with Crippen molar-refractivity contribution in [3.63, 3.8) is 0 Å². The molecule has 1 unspecified atom stereocenters. The van der Waals surface area contributed by atoms with Gasteiger partial charge in [-0.1, -0.05) is 13.8 Å². The molecule has 0 fully saturated rings. The van der Waals surface area contributed by atoms with Crippen LogP contribution in [0.3, 0.4) is 0 Å². The molecular formula is C15H24N4. The van der Waals surface area contributed by atoms with Crippen molar-refractivity contribution in [1.29, 1.82) is 0 Å². The molecule has 0 spiro atoms. The van der Waals surface area contributed by atoms with E-state index in [0.29, 0.717) is 6.04 Å². The van der Waals surface area contributed by atoms with Crippen LogP contribution in [0.1, 0.15) is 44.0 Å². The van der Waals surface area contributed by atoms with E-state index >= 15 is 0 Å². The van der Waals surface area contributed by atoms with Gasteiger partial charge in [-0.3, -0.25) is 0 Å². The van der Waals surface area contributed by atoms with Crippen LogP contribution in [0.5, 0.6) is 0 Å². The molecule has 104 valence electrons. The maximum absolute atomic E-state index is 4.25. The molecule has 0 aliphatic carbocycles. The van der Waals surface area contributed by atoms with Crippen LogP contribution < -0.4 is 5.32 Å². The number of imidazole rings is 1. The molecule has 2 heterocycles. The number of hydrogen-bond acceptors (Lipinski definition) is 2. The van der Waals surface area contributed by atoms with Crippen LogP contribution in [-0.4, -0.2) is 21.2 Å². The Kier molecular flexibility index (Phi) is 4.80. The van der Waals surface area contributed by atoms with Gasteiger partial charge in [-0.2, -0.15) is 0 Å². The van der Waals surface area contributed by atoms with Crippen LogP contribution in [-0.2, 0) is 13.1 Å². The molecule has 2 rings (SSSR count). The molecule has 2 aromatic rings. The largest absolute Gasteiger partial charge is 0.348 e. The lowest BCUT2D eigenvalue weighted by molar-refractivity contribution is 0.574. The SMILES string of the molecule is CCCn1cncc1Cn1ccc(C(CC)NC)c1. The Hall–Kier alpha value is -1.55. The van der Waals surface area contributed by atoms with Gasteiger partial charge in [0.15, 0.2) is 0 Å². The summed E-state index contributed by atoms with van der Waals surface area (Å²) in [5, 5.41) is 3.34. The molecule has 4 nitrogen and oxygen atoms in total. The molecule has 0 saturated carbocycles. The van der Waals surface area contributed by atoms with Crippen molar-refractivity contribution >= 4 is 0 Å². The van der Waals surface area contributed by atoms with E-state index in [9.17, 15) is 0 Å². The van der Waals surface area contributed by atoms with Crippen molar-refractivity contribution in [3.05, 3.63) is 42.2 Å². The van der Waals surface area contributed by atoms with Gasteiger partial charge in [-0.25, -0.2) is 4.98 Å². The minimum absolute atomic E-state index is 0.446. The zero-order valence-corrected chi connectivity index (χ0v) is 12.1. The molecule has 1 N–H and O–H groups in total. The van der Waals surface area contributed by atoms with Gasteiger partial charge in [-0.15, -0.1) is 0 Å². The predicted molar refractivity (Wildman–Crippen MR) is 78.1 cm³/mol. The van der Waals surface area contributed by atoms with Crippen molar-refractivity contribution in [2.45, 2.75) is 45.8 Å². The van der Waals surface area contributed by atoms with Crippen molar-refractivity contribution in [2.24, 2.45) is 0 Å². The fourth-order valence-electron chi connectivity index (χ4n) is 2.48. The second-order valence-corrected chi connectivity index (χ2v) is 4.95. The fraction of sp³-hybridized carbons (Fsp3) is 0.533. The number of rotatable bonds is 7. The second-order valence-electron chi connectivity index (χ2n) is 4.95. The average molecular weight is 260 g/mol. The van der Waals surface area contributed by atoms with Crippen molar-refractivity contribution in [2.75, 3.05) is 7.05 Å². The van der Waals surface area contributed by atoms with E-state index < -0.39 is 0 Å². The topological polar surface area (TPSA) is 34.8 Å². The van der Waals surface area contributed by atoms with E-state index in [0.717, 1.165) is 25.9 Å². The molecule has 19 heavy (non-hydrogen) atoms. The maximum Gasteiger partial charge on any atom is 0.0948 e. The summed E-state index contributed by atoms with van der Waals surface area (Å²) in [6, 6.07) is 2.65. The van der Waals surface area contributed by atoms with Gasteiger partial charge < -0.3 is 14.5 Å². The zero-order valence-electron chi connectivity index (χ0n) is 12.1. The smallest absolute Gasteiger partial charge is 0.0948 e. The zero-order chi connectivity index (χ0) is 13.7. The van der Waals surface area contributed by atoms with Gasteiger partial charge >= 0.3 is 0 Å². The first-order valence-corrected chi connectivity index (χ1v) is 7.10. The normalized spacial score (nSPS) is 12.8. The Morgan fingerprint density at radius 1 is 1.37 bits per heavy atom. The lowest BCUT2D eigenvalue weighted by Gasteiger charge is -2.11. The summed E-state index contributed by atoms with van der Waals surface area (Å²) >= 11 is 0. The van der Waals surface area contributed by atoms with Gasteiger partial charge in [0.05, 0.1) is 18.6 Å². The summed E-state index contributed by atoms with van der Waals surface area (Å²) in [4.78, 5) is 4.25. The highest BCUT2D eigenvalue weighted by Crippen LogP contribution is 2.17. The highest BCUT2D eigenvalue weighted by Gasteiger charge is 2.09. The maximum atomic E-state index is 4.25. The molecule has 0 bridgehead atoms. The average Bonchev–Trinajstić information content (AvgIpc) is 3.03. The number of nitrogens with one attached hydrogen (secondary N) is 1. The number of aryl methyl sites for hydroxylation is 1. The molecule has 0 amide bonds. The highest BCUT2D eigenvalue weighted by atomic mass is 15.1. The van der Waals surface area contributed by atoms with E-state index in [-0.39, 0.29) is 0 Å². The first-order valence-electron chi connectivity index (χ1n) is 7.10. The Morgan fingerprint density at radius 3 is 2.89 bits per heavy atom. The molecule has 0 saturated heterocycles. The quantitative estimate of drug-likeness (QED) is 0.830. The van der Waals surface area contributed by atoms with Crippen LogP contribution in [0.15, 0.2) is 31.0 Å². The van der Waals surface area contributed by atoms with E-state index in [1.54, 1.807) is 0 Å². The Morgan fingerprint density at radius 2 is 2.21 bits per heavy atom. The molecule has 0 aromatic carbocycles. The summed E-state index contributed by atoms with van der Waals surface area (Å²) in [6.45, 7) is 6.32. The third-order valence-corrected chi connectivity index (χ3v) is 3.54. The van der Waals surface area contributed by atoms with Crippen molar-refractivity contribution in [1.82, 2.24) is 19.4 Å². The van der Waals surface area contributed by atoms with Crippen LogP contribution >= 0.6 is 0 Å². The minimum Gasteiger partial charge on any atom is -0.348 e. The molecule has 4 heteroatoms. The monoisotopic (exact) mass is 260 g/mol. The summed E-state index contributed by atoms with van der Waals surface area (Å²) in [5.41, 5.74) is 2.62. The first kappa shape index (κ1) is 13.9. The summed E-state index contributed by atoms with van der Waals surface area (Å²) in [6.07, 6.45) is 10.5. The Balaban J connectivity index is 2.09. The number of nitrogens with zero attached hydrogens (tertiary/aromatic N) is 3. The van der Waals surface area contributed by atoms with E-state index in [1.807, 2.05) is 19.6 Å². The van der Waals surface area contributed by atoms with Gasteiger partial charge in [0.25, 0.3) is 0 Å². The summed E-state index contributed by atoms with van der Waals surface area (Å²) in [7, 11) is 2.02. The summed E-state index contributed by atoms with van der Waals surface area (Å²) in [5.74, 6) is 0.